The van der Waals surface area contributed by atoms with Gasteiger partial charge in [0.25, 0.3) is 0 Å². The zero-order valence-electron chi connectivity index (χ0n) is 17.6. The smallest absolute Gasteiger partial charge is 0.225 e. The second kappa shape index (κ2) is 10.1. The third kappa shape index (κ3) is 5.82. The van der Waals surface area contributed by atoms with Crippen molar-refractivity contribution in [3.63, 3.8) is 0 Å². The molecule has 2 aromatic rings. The van der Waals surface area contributed by atoms with Crippen molar-refractivity contribution in [2.45, 2.75) is 38.3 Å². The molecule has 2 aliphatic rings. The number of piperidine rings is 2. The van der Waals surface area contributed by atoms with Crippen molar-refractivity contribution in [2.75, 3.05) is 37.2 Å². The van der Waals surface area contributed by atoms with Crippen molar-refractivity contribution in [1.29, 1.82) is 0 Å². The van der Waals surface area contributed by atoms with E-state index >= 15 is 0 Å². The highest BCUT2D eigenvalue weighted by Gasteiger charge is 2.31. The molecule has 0 unspecified atom stereocenters. The maximum absolute atomic E-state index is 13.0. The molecule has 3 N–H and O–H groups in total. The van der Waals surface area contributed by atoms with Gasteiger partial charge in [-0.3, -0.25) is 9.69 Å². The molecule has 166 valence electrons. The zero-order chi connectivity index (χ0) is 21.8. The first-order valence-electron chi connectivity index (χ1n) is 10.9. The highest BCUT2D eigenvalue weighted by atomic mass is 35.5. The van der Waals surface area contributed by atoms with Gasteiger partial charge < -0.3 is 16.0 Å². The summed E-state index contributed by atoms with van der Waals surface area (Å²) in [6, 6.07) is 9.88. The number of carbonyl (C=O) groups excluding carboxylic acids is 1. The van der Waals surface area contributed by atoms with Gasteiger partial charge in [-0.1, -0.05) is 23.2 Å². The average molecular weight is 462 g/mol. The Hall–Kier alpha value is -2.02. The Balaban J connectivity index is 1.21. The van der Waals surface area contributed by atoms with Gasteiger partial charge in [0.15, 0.2) is 0 Å². The summed E-state index contributed by atoms with van der Waals surface area (Å²) in [4.78, 5) is 21.5. The van der Waals surface area contributed by atoms with Crippen LogP contribution in [0.25, 0.3) is 0 Å². The van der Waals surface area contributed by atoms with Gasteiger partial charge in [-0.15, -0.1) is 0 Å². The molecule has 1 aromatic heterocycles. The Labute approximate surface area is 193 Å². The fraction of sp³-hybridized carbons (Fsp3) is 0.478. The molecule has 1 amide bonds. The second-order valence-electron chi connectivity index (χ2n) is 8.51. The van der Waals surface area contributed by atoms with Crippen LogP contribution in [0.3, 0.4) is 0 Å². The van der Waals surface area contributed by atoms with Crippen molar-refractivity contribution in [1.82, 2.24) is 14.8 Å². The number of nitrogen functional groups attached to an aromatic ring is 1. The van der Waals surface area contributed by atoms with E-state index in [-0.39, 0.29) is 5.92 Å². The van der Waals surface area contributed by atoms with Crippen molar-refractivity contribution < 1.29 is 4.79 Å². The number of hydrogen-bond acceptors (Lipinski definition) is 5. The number of carbonyl (C=O) groups is 1. The number of nitrogens with two attached hydrogens (primary N) is 1. The normalized spacial score (nSPS) is 18.8. The molecule has 0 aliphatic carbocycles. The summed E-state index contributed by atoms with van der Waals surface area (Å²) in [5, 5.41) is 4.63. The molecule has 1 aromatic carbocycles. The Bertz CT molecular complexity index is 909. The van der Waals surface area contributed by atoms with E-state index in [9.17, 15) is 4.79 Å². The SMILES string of the molecule is Nc1cc(CN2CCC(C(=O)N3CCC(Nc4ccc(Cl)c(Cl)c4)CC3)CC2)ccn1. The minimum atomic E-state index is 0.137. The van der Waals surface area contributed by atoms with Gasteiger partial charge in [0.2, 0.25) is 5.91 Å². The lowest BCUT2D eigenvalue weighted by molar-refractivity contribution is -0.138. The lowest BCUT2D eigenvalue weighted by Crippen LogP contribution is -2.47. The zero-order valence-corrected chi connectivity index (χ0v) is 19.1. The number of nitrogens with zero attached hydrogens (tertiary/aromatic N) is 3. The highest BCUT2D eigenvalue weighted by molar-refractivity contribution is 6.42. The van der Waals surface area contributed by atoms with Gasteiger partial charge in [-0.05, 0) is 74.7 Å². The maximum Gasteiger partial charge on any atom is 0.225 e. The summed E-state index contributed by atoms with van der Waals surface area (Å²) >= 11 is 12.1. The van der Waals surface area contributed by atoms with Gasteiger partial charge in [0.1, 0.15) is 5.82 Å². The van der Waals surface area contributed by atoms with Crippen LogP contribution in [-0.2, 0) is 11.3 Å². The molecule has 8 heteroatoms. The number of likely N-dealkylation sites (tertiary alicyclic amines) is 2. The van der Waals surface area contributed by atoms with Crippen molar-refractivity contribution in [3.05, 3.63) is 52.1 Å². The standard InChI is InChI=1S/C23H29Cl2N5O/c24-20-2-1-19(14-21(20)25)28-18-6-11-30(12-7-18)23(31)17-4-9-29(10-5-17)15-16-3-8-27-22(26)13-16/h1-3,8,13-14,17-18,28H,4-7,9-12,15H2,(H2,26,27). The lowest BCUT2D eigenvalue weighted by Gasteiger charge is -2.37. The first kappa shape index (κ1) is 22.2. The predicted octanol–water partition coefficient (Wildman–Crippen LogP) is 4.29. The van der Waals surface area contributed by atoms with E-state index in [0.717, 1.165) is 64.1 Å². The lowest BCUT2D eigenvalue weighted by atomic mass is 9.93. The number of pyridine rings is 1. The summed E-state index contributed by atoms with van der Waals surface area (Å²) in [5.41, 5.74) is 7.93. The van der Waals surface area contributed by atoms with E-state index in [1.807, 2.05) is 24.3 Å². The second-order valence-corrected chi connectivity index (χ2v) is 9.33. The maximum atomic E-state index is 13.0. The molecule has 0 spiro atoms. The van der Waals surface area contributed by atoms with E-state index < -0.39 is 0 Å². The number of anilines is 2. The van der Waals surface area contributed by atoms with Gasteiger partial charge >= 0.3 is 0 Å². The van der Waals surface area contributed by atoms with Crippen LogP contribution in [0.1, 0.15) is 31.2 Å². The number of halogens is 2. The number of benzene rings is 1. The molecule has 3 heterocycles. The molecular formula is C23H29Cl2N5O. The summed E-state index contributed by atoms with van der Waals surface area (Å²) in [5.74, 6) is 1.01. The average Bonchev–Trinajstić information content (AvgIpc) is 2.77. The first-order valence-corrected chi connectivity index (χ1v) is 11.7. The fourth-order valence-corrected chi connectivity index (χ4v) is 4.81. The highest BCUT2D eigenvalue weighted by Crippen LogP contribution is 2.27. The number of aromatic nitrogens is 1. The minimum Gasteiger partial charge on any atom is -0.384 e. The third-order valence-electron chi connectivity index (χ3n) is 6.29. The Kier molecular flexibility index (Phi) is 7.20. The van der Waals surface area contributed by atoms with Crippen molar-refractivity contribution in [3.8, 4) is 0 Å². The van der Waals surface area contributed by atoms with Crippen LogP contribution in [0, 0.1) is 5.92 Å². The quantitative estimate of drug-likeness (QED) is 0.694. The van der Waals surface area contributed by atoms with Gasteiger partial charge in [-0.2, -0.15) is 0 Å². The largest absolute Gasteiger partial charge is 0.384 e. The van der Waals surface area contributed by atoms with E-state index in [1.54, 1.807) is 12.3 Å². The minimum absolute atomic E-state index is 0.137. The molecule has 31 heavy (non-hydrogen) atoms. The molecule has 2 saturated heterocycles. The topological polar surface area (TPSA) is 74.5 Å². The molecule has 4 rings (SSSR count). The van der Waals surface area contributed by atoms with Crippen molar-refractivity contribution in [2.24, 2.45) is 5.92 Å². The predicted molar refractivity (Wildman–Crippen MR) is 126 cm³/mol. The van der Waals surface area contributed by atoms with E-state index in [2.05, 4.69) is 20.1 Å². The molecule has 0 saturated carbocycles. The van der Waals surface area contributed by atoms with Crippen molar-refractivity contribution >= 4 is 40.6 Å². The van der Waals surface area contributed by atoms with Gasteiger partial charge in [-0.25, -0.2) is 4.98 Å². The molecule has 2 fully saturated rings. The molecule has 6 nitrogen and oxygen atoms in total. The molecule has 0 bridgehead atoms. The summed E-state index contributed by atoms with van der Waals surface area (Å²) < 4.78 is 0. The molecule has 0 radical (unpaired) electrons. The van der Waals surface area contributed by atoms with Crippen LogP contribution in [0.4, 0.5) is 11.5 Å². The van der Waals surface area contributed by atoms with Gasteiger partial charge in [0.05, 0.1) is 10.0 Å². The molecule has 2 aliphatic heterocycles. The monoisotopic (exact) mass is 461 g/mol. The van der Waals surface area contributed by atoms with E-state index in [0.29, 0.717) is 27.8 Å². The number of amides is 1. The fourth-order valence-electron chi connectivity index (χ4n) is 4.51. The number of nitrogens with one attached hydrogen (secondary N) is 1. The van der Waals surface area contributed by atoms with Crippen LogP contribution in [0.2, 0.25) is 10.0 Å². The van der Waals surface area contributed by atoms with Crippen LogP contribution >= 0.6 is 23.2 Å². The summed E-state index contributed by atoms with van der Waals surface area (Å²) in [6.07, 6.45) is 5.46. The number of rotatable bonds is 5. The van der Waals surface area contributed by atoms with Gasteiger partial charge in [0, 0.05) is 43.5 Å². The van der Waals surface area contributed by atoms with E-state index in [1.165, 1.54) is 5.56 Å². The van der Waals surface area contributed by atoms with E-state index in [4.69, 9.17) is 28.9 Å². The Morgan fingerprint density at radius 2 is 1.77 bits per heavy atom. The molecular weight excluding hydrogens is 433 g/mol. The first-order chi connectivity index (χ1) is 15.0. The Morgan fingerprint density at radius 1 is 1.03 bits per heavy atom. The summed E-state index contributed by atoms with van der Waals surface area (Å²) in [6.45, 7) is 4.34. The third-order valence-corrected chi connectivity index (χ3v) is 7.02. The van der Waals surface area contributed by atoms with Crippen LogP contribution in [-0.4, -0.2) is 52.9 Å². The summed E-state index contributed by atoms with van der Waals surface area (Å²) in [7, 11) is 0. The molecule has 0 atom stereocenters. The van der Waals surface area contributed by atoms with Crippen LogP contribution in [0.5, 0.6) is 0 Å². The van der Waals surface area contributed by atoms with Crippen LogP contribution < -0.4 is 11.1 Å². The Morgan fingerprint density at radius 3 is 2.45 bits per heavy atom. The van der Waals surface area contributed by atoms with Crippen LogP contribution in [0.15, 0.2) is 36.5 Å². The number of hydrogen-bond donors (Lipinski definition) is 2.